The smallest absolute Gasteiger partial charge is 0.354 e. The summed E-state index contributed by atoms with van der Waals surface area (Å²) < 4.78 is 19.1. The van der Waals surface area contributed by atoms with Crippen molar-refractivity contribution in [2.75, 3.05) is 19.8 Å². The average molecular weight is 477 g/mol. The van der Waals surface area contributed by atoms with Crippen LogP contribution in [0.25, 0.3) is 33.3 Å². The highest BCUT2D eigenvalue weighted by atomic mass is 16.5. The van der Waals surface area contributed by atoms with E-state index in [0.717, 1.165) is 63.1 Å². The van der Waals surface area contributed by atoms with Crippen molar-refractivity contribution in [2.24, 2.45) is 0 Å². The van der Waals surface area contributed by atoms with Gasteiger partial charge in [-0.25, -0.2) is 14.8 Å². The first-order valence-corrected chi connectivity index (χ1v) is 11.8. The standard InChI is InChI=1S/C26H28N4O5/c1-5-34-25-22(14(2)10-21(28-25)26(31)32)20-13-30(18-6-8-33-9-7-18)24-19(20)11-17(12-27-24)23-15(3)29-35-16(23)4/h10-13,18H,5-9H2,1-4H3,(H,31,32). The van der Waals surface area contributed by atoms with Gasteiger partial charge in [0, 0.05) is 59.3 Å². The van der Waals surface area contributed by atoms with Crippen LogP contribution in [0, 0.1) is 20.8 Å². The van der Waals surface area contributed by atoms with E-state index >= 15 is 0 Å². The van der Waals surface area contributed by atoms with Crippen LogP contribution >= 0.6 is 0 Å². The fourth-order valence-corrected chi connectivity index (χ4v) is 4.93. The highest BCUT2D eigenvalue weighted by Crippen LogP contribution is 2.41. The topological polar surface area (TPSA) is 112 Å². The Bertz CT molecular complexity index is 1400. The number of aryl methyl sites for hydroxylation is 3. The van der Waals surface area contributed by atoms with Crippen molar-refractivity contribution >= 4 is 17.0 Å². The molecular weight excluding hydrogens is 448 g/mol. The third kappa shape index (κ3) is 4.05. The lowest BCUT2D eigenvalue weighted by Gasteiger charge is -2.24. The highest BCUT2D eigenvalue weighted by Gasteiger charge is 2.25. The molecule has 0 unspecified atom stereocenters. The van der Waals surface area contributed by atoms with Crippen molar-refractivity contribution in [3.8, 4) is 28.1 Å². The number of ether oxygens (including phenoxy) is 2. The molecule has 0 spiro atoms. The Morgan fingerprint density at radius 2 is 1.97 bits per heavy atom. The summed E-state index contributed by atoms with van der Waals surface area (Å²) in [6.07, 6.45) is 5.74. The summed E-state index contributed by atoms with van der Waals surface area (Å²) in [4.78, 5) is 20.9. The summed E-state index contributed by atoms with van der Waals surface area (Å²) >= 11 is 0. The van der Waals surface area contributed by atoms with Gasteiger partial charge in [0.15, 0.2) is 5.69 Å². The Morgan fingerprint density at radius 3 is 2.63 bits per heavy atom. The quantitative estimate of drug-likeness (QED) is 0.408. The first kappa shape index (κ1) is 23.0. The minimum Gasteiger partial charge on any atom is -0.477 e. The maximum absolute atomic E-state index is 11.7. The molecule has 4 aromatic heterocycles. The third-order valence-corrected chi connectivity index (χ3v) is 6.53. The molecule has 1 aliphatic heterocycles. The van der Waals surface area contributed by atoms with E-state index in [1.165, 1.54) is 0 Å². The fraction of sp³-hybridized carbons (Fsp3) is 0.385. The van der Waals surface area contributed by atoms with Crippen LogP contribution < -0.4 is 4.74 Å². The number of aromatic nitrogens is 4. The molecule has 1 saturated heterocycles. The fourth-order valence-electron chi connectivity index (χ4n) is 4.93. The number of carbonyl (C=O) groups is 1. The van der Waals surface area contributed by atoms with Crippen molar-refractivity contribution in [1.29, 1.82) is 0 Å². The average Bonchev–Trinajstić information content (AvgIpc) is 3.38. The molecule has 9 heteroatoms. The summed E-state index contributed by atoms with van der Waals surface area (Å²) in [7, 11) is 0. The Morgan fingerprint density at radius 1 is 1.20 bits per heavy atom. The maximum Gasteiger partial charge on any atom is 0.354 e. The molecule has 1 fully saturated rings. The van der Waals surface area contributed by atoms with Gasteiger partial charge in [-0.3, -0.25) is 0 Å². The van der Waals surface area contributed by atoms with Crippen LogP contribution in [0.15, 0.2) is 29.0 Å². The van der Waals surface area contributed by atoms with Gasteiger partial charge in [0.2, 0.25) is 5.88 Å². The second-order valence-corrected chi connectivity index (χ2v) is 8.83. The Kier molecular flexibility index (Phi) is 6.02. The van der Waals surface area contributed by atoms with Gasteiger partial charge < -0.3 is 23.7 Å². The molecule has 1 N–H and O–H groups in total. The molecule has 0 bridgehead atoms. The van der Waals surface area contributed by atoms with Gasteiger partial charge >= 0.3 is 5.97 Å². The van der Waals surface area contributed by atoms with Gasteiger partial charge in [-0.15, -0.1) is 0 Å². The number of pyridine rings is 2. The number of rotatable bonds is 6. The minimum atomic E-state index is -1.09. The Balaban J connectivity index is 1.78. The first-order chi connectivity index (χ1) is 16.9. The molecule has 5 rings (SSSR count). The molecular formula is C26H28N4O5. The Hall–Kier alpha value is -3.72. The van der Waals surface area contributed by atoms with Crippen LogP contribution in [0.4, 0.5) is 0 Å². The zero-order chi connectivity index (χ0) is 24.7. The number of fused-ring (bicyclic) bond motifs is 1. The number of carboxylic acid groups (broad SMARTS) is 1. The van der Waals surface area contributed by atoms with Crippen LogP contribution in [-0.4, -0.2) is 50.6 Å². The summed E-state index contributed by atoms with van der Waals surface area (Å²) in [6.45, 7) is 9.31. The maximum atomic E-state index is 11.7. The summed E-state index contributed by atoms with van der Waals surface area (Å²) in [6, 6.07) is 3.93. The van der Waals surface area contributed by atoms with Crippen LogP contribution in [0.5, 0.6) is 5.88 Å². The van der Waals surface area contributed by atoms with E-state index in [0.29, 0.717) is 25.7 Å². The molecule has 0 aromatic carbocycles. The molecule has 182 valence electrons. The number of hydrogen-bond acceptors (Lipinski definition) is 7. The van der Waals surface area contributed by atoms with E-state index in [4.69, 9.17) is 19.0 Å². The molecule has 35 heavy (non-hydrogen) atoms. The zero-order valence-corrected chi connectivity index (χ0v) is 20.3. The van der Waals surface area contributed by atoms with Crippen molar-refractivity contribution in [3.63, 3.8) is 0 Å². The van der Waals surface area contributed by atoms with Gasteiger partial charge in [-0.1, -0.05) is 5.16 Å². The number of aromatic carboxylic acids is 1. The van der Waals surface area contributed by atoms with Crippen molar-refractivity contribution in [3.05, 3.63) is 47.2 Å². The van der Waals surface area contributed by atoms with E-state index in [1.807, 2.05) is 33.9 Å². The van der Waals surface area contributed by atoms with Gasteiger partial charge in [0.05, 0.1) is 12.3 Å². The van der Waals surface area contributed by atoms with E-state index in [-0.39, 0.29) is 11.7 Å². The van der Waals surface area contributed by atoms with Crippen molar-refractivity contribution < 1.29 is 23.9 Å². The molecule has 0 radical (unpaired) electrons. The molecule has 4 aromatic rings. The molecule has 1 aliphatic rings. The molecule has 0 saturated carbocycles. The predicted octanol–water partition coefficient (Wildman–Crippen LogP) is 5.13. The number of carboxylic acids is 1. The number of nitrogens with zero attached hydrogens (tertiary/aromatic N) is 4. The third-order valence-electron chi connectivity index (χ3n) is 6.53. The predicted molar refractivity (Wildman–Crippen MR) is 130 cm³/mol. The normalized spacial score (nSPS) is 14.5. The van der Waals surface area contributed by atoms with Crippen molar-refractivity contribution in [1.82, 2.24) is 19.7 Å². The monoisotopic (exact) mass is 476 g/mol. The lowest BCUT2D eigenvalue weighted by Crippen LogP contribution is -2.19. The highest BCUT2D eigenvalue weighted by molar-refractivity contribution is 5.99. The summed E-state index contributed by atoms with van der Waals surface area (Å²) in [5.41, 5.74) is 5.88. The largest absolute Gasteiger partial charge is 0.477 e. The molecule has 5 heterocycles. The second kappa shape index (κ2) is 9.14. The summed E-state index contributed by atoms with van der Waals surface area (Å²) in [5, 5.41) is 14.6. The SMILES string of the molecule is CCOc1nc(C(=O)O)cc(C)c1-c1cn(C2CCOCC2)c2ncc(-c3c(C)noc3C)cc12. The lowest BCUT2D eigenvalue weighted by molar-refractivity contribution is 0.0688. The van der Waals surface area contributed by atoms with Crippen molar-refractivity contribution in [2.45, 2.75) is 46.6 Å². The van der Waals surface area contributed by atoms with Gasteiger partial charge in [-0.05, 0) is 58.2 Å². The van der Waals surface area contributed by atoms with E-state index in [9.17, 15) is 9.90 Å². The molecule has 0 atom stereocenters. The Labute approximate surface area is 202 Å². The van der Waals surface area contributed by atoms with Crippen LogP contribution in [0.3, 0.4) is 0 Å². The van der Waals surface area contributed by atoms with Gasteiger partial charge in [0.25, 0.3) is 0 Å². The van der Waals surface area contributed by atoms with Crippen LogP contribution in [0.2, 0.25) is 0 Å². The lowest BCUT2D eigenvalue weighted by atomic mass is 9.99. The molecule has 0 amide bonds. The number of hydrogen-bond donors (Lipinski definition) is 1. The van der Waals surface area contributed by atoms with Gasteiger partial charge in [0.1, 0.15) is 11.4 Å². The van der Waals surface area contributed by atoms with Gasteiger partial charge in [-0.2, -0.15) is 0 Å². The first-order valence-electron chi connectivity index (χ1n) is 11.8. The minimum absolute atomic E-state index is 0.0441. The van der Waals surface area contributed by atoms with Crippen LogP contribution in [0.1, 0.15) is 53.3 Å². The van der Waals surface area contributed by atoms with E-state index < -0.39 is 5.97 Å². The zero-order valence-electron chi connectivity index (χ0n) is 20.3. The molecule has 0 aliphatic carbocycles. The van der Waals surface area contributed by atoms with E-state index in [2.05, 4.69) is 27.0 Å². The summed E-state index contributed by atoms with van der Waals surface area (Å²) in [5.74, 6) is -0.0565. The van der Waals surface area contributed by atoms with E-state index in [1.54, 1.807) is 6.07 Å². The van der Waals surface area contributed by atoms with Crippen LogP contribution in [-0.2, 0) is 4.74 Å². The second-order valence-electron chi connectivity index (χ2n) is 8.83. The molecule has 9 nitrogen and oxygen atoms in total.